The first-order valence-corrected chi connectivity index (χ1v) is 5.23. The van der Waals surface area contributed by atoms with Gasteiger partial charge in [0.15, 0.2) is 0 Å². The van der Waals surface area contributed by atoms with Crippen LogP contribution >= 0.6 is 0 Å². The predicted octanol–water partition coefficient (Wildman–Crippen LogP) is 0.960. The molecule has 1 fully saturated rings. The molecule has 1 aliphatic rings. The summed E-state index contributed by atoms with van der Waals surface area (Å²) in [4.78, 5) is 0. The van der Waals surface area contributed by atoms with Crippen LogP contribution in [0.4, 0.5) is 0 Å². The Morgan fingerprint density at radius 1 is 1.54 bits per heavy atom. The van der Waals surface area contributed by atoms with Gasteiger partial charge in [0.2, 0.25) is 0 Å². The maximum atomic E-state index is 5.86. The Labute approximate surface area is 81.6 Å². The van der Waals surface area contributed by atoms with Gasteiger partial charge in [-0.1, -0.05) is 19.8 Å². The van der Waals surface area contributed by atoms with Gasteiger partial charge >= 0.3 is 0 Å². The standard InChI is InChI=1S/C10H23N3/c1-9-5-4-6-10(7-9,8-11)12-13(2)3/h9,12H,4-8,11H2,1-3H3. The van der Waals surface area contributed by atoms with Crippen molar-refractivity contribution in [3.63, 3.8) is 0 Å². The summed E-state index contributed by atoms with van der Waals surface area (Å²) in [7, 11) is 4.08. The quantitative estimate of drug-likeness (QED) is 0.644. The first-order chi connectivity index (χ1) is 6.08. The van der Waals surface area contributed by atoms with E-state index >= 15 is 0 Å². The lowest BCUT2D eigenvalue weighted by Crippen LogP contribution is -2.58. The van der Waals surface area contributed by atoms with Gasteiger partial charge in [-0.25, -0.2) is 5.43 Å². The van der Waals surface area contributed by atoms with Crippen LogP contribution in [-0.4, -0.2) is 31.2 Å². The summed E-state index contributed by atoms with van der Waals surface area (Å²) in [6.07, 6.45) is 5.09. The summed E-state index contributed by atoms with van der Waals surface area (Å²) >= 11 is 0. The van der Waals surface area contributed by atoms with E-state index in [1.54, 1.807) is 0 Å². The van der Waals surface area contributed by atoms with Crippen LogP contribution in [-0.2, 0) is 0 Å². The summed E-state index contributed by atoms with van der Waals surface area (Å²) in [6, 6.07) is 0. The van der Waals surface area contributed by atoms with Crippen molar-refractivity contribution in [3.05, 3.63) is 0 Å². The molecular formula is C10H23N3. The van der Waals surface area contributed by atoms with Crippen molar-refractivity contribution >= 4 is 0 Å². The normalized spacial score (nSPS) is 35.3. The molecule has 2 atom stereocenters. The number of nitrogens with one attached hydrogen (secondary N) is 1. The van der Waals surface area contributed by atoms with Crippen molar-refractivity contribution < 1.29 is 0 Å². The van der Waals surface area contributed by atoms with Gasteiger partial charge < -0.3 is 5.73 Å². The molecule has 0 aromatic heterocycles. The fourth-order valence-corrected chi connectivity index (χ4v) is 2.47. The highest BCUT2D eigenvalue weighted by molar-refractivity contribution is 4.92. The van der Waals surface area contributed by atoms with Crippen molar-refractivity contribution in [1.82, 2.24) is 10.4 Å². The third-order valence-electron chi connectivity index (χ3n) is 2.94. The summed E-state index contributed by atoms with van der Waals surface area (Å²) in [5, 5.41) is 2.03. The second-order valence-electron chi connectivity index (χ2n) is 4.69. The fraction of sp³-hybridized carbons (Fsp3) is 1.00. The third kappa shape index (κ3) is 2.93. The first kappa shape index (κ1) is 11.0. The largest absolute Gasteiger partial charge is 0.329 e. The molecule has 1 saturated carbocycles. The zero-order chi connectivity index (χ0) is 9.90. The molecule has 1 rings (SSSR count). The highest BCUT2D eigenvalue weighted by Crippen LogP contribution is 2.31. The van der Waals surface area contributed by atoms with E-state index in [-0.39, 0.29) is 5.54 Å². The van der Waals surface area contributed by atoms with Crippen molar-refractivity contribution in [2.24, 2.45) is 11.7 Å². The zero-order valence-electron chi connectivity index (χ0n) is 9.14. The van der Waals surface area contributed by atoms with Gasteiger partial charge in [-0.2, -0.15) is 0 Å². The fourth-order valence-electron chi connectivity index (χ4n) is 2.47. The van der Waals surface area contributed by atoms with Gasteiger partial charge in [-0.3, -0.25) is 5.01 Å². The number of rotatable bonds is 3. The van der Waals surface area contributed by atoms with Crippen molar-refractivity contribution in [3.8, 4) is 0 Å². The Hall–Kier alpha value is -0.120. The lowest BCUT2D eigenvalue weighted by atomic mass is 9.77. The summed E-state index contributed by atoms with van der Waals surface area (Å²) in [5.74, 6) is 0.810. The maximum Gasteiger partial charge on any atom is 0.0450 e. The molecule has 2 unspecified atom stereocenters. The Balaban J connectivity index is 2.56. The van der Waals surface area contributed by atoms with Crippen LogP contribution in [0.2, 0.25) is 0 Å². The summed E-state index contributed by atoms with van der Waals surface area (Å²) < 4.78 is 0. The second kappa shape index (κ2) is 4.40. The summed E-state index contributed by atoms with van der Waals surface area (Å²) in [6.45, 7) is 3.07. The molecule has 1 aliphatic carbocycles. The number of hydrogen-bond donors (Lipinski definition) is 2. The van der Waals surface area contributed by atoms with Gasteiger partial charge in [0.1, 0.15) is 0 Å². The molecule has 0 amide bonds. The second-order valence-corrected chi connectivity index (χ2v) is 4.69. The lowest BCUT2D eigenvalue weighted by Gasteiger charge is -2.41. The molecule has 0 radical (unpaired) electrons. The van der Waals surface area contributed by atoms with Crippen molar-refractivity contribution in [2.75, 3.05) is 20.6 Å². The minimum absolute atomic E-state index is 0.168. The monoisotopic (exact) mass is 185 g/mol. The van der Waals surface area contributed by atoms with Crippen LogP contribution in [0.25, 0.3) is 0 Å². The molecule has 3 nitrogen and oxygen atoms in total. The first-order valence-electron chi connectivity index (χ1n) is 5.23. The molecular weight excluding hydrogens is 162 g/mol. The van der Waals surface area contributed by atoms with E-state index in [1.807, 2.05) is 19.1 Å². The third-order valence-corrected chi connectivity index (χ3v) is 2.94. The molecule has 0 saturated heterocycles. The summed E-state index contributed by atoms with van der Waals surface area (Å²) in [5.41, 5.74) is 9.51. The molecule has 0 aromatic rings. The number of nitrogens with zero attached hydrogens (tertiary/aromatic N) is 1. The minimum Gasteiger partial charge on any atom is -0.329 e. The molecule has 0 aliphatic heterocycles. The van der Waals surface area contributed by atoms with Crippen molar-refractivity contribution in [2.45, 2.75) is 38.1 Å². The molecule has 13 heavy (non-hydrogen) atoms. The van der Waals surface area contributed by atoms with Crippen LogP contribution in [0.15, 0.2) is 0 Å². The molecule has 3 heteroatoms. The van der Waals surface area contributed by atoms with Crippen molar-refractivity contribution in [1.29, 1.82) is 0 Å². The highest BCUT2D eigenvalue weighted by Gasteiger charge is 2.33. The average Bonchev–Trinajstić information content (AvgIpc) is 2.03. The highest BCUT2D eigenvalue weighted by atomic mass is 15.5. The number of hydrazine groups is 1. The van der Waals surface area contributed by atoms with E-state index in [2.05, 4.69) is 12.3 Å². The molecule has 0 bridgehead atoms. The molecule has 78 valence electrons. The smallest absolute Gasteiger partial charge is 0.0450 e. The minimum atomic E-state index is 0.168. The van der Waals surface area contributed by atoms with Crippen LogP contribution in [0, 0.1) is 5.92 Å². The Morgan fingerprint density at radius 3 is 2.69 bits per heavy atom. The number of hydrogen-bond acceptors (Lipinski definition) is 3. The maximum absolute atomic E-state index is 5.86. The Bertz CT molecular complexity index is 154. The Morgan fingerprint density at radius 2 is 2.23 bits per heavy atom. The molecule has 0 heterocycles. The van der Waals surface area contributed by atoms with Gasteiger partial charge in [0.05, 0.1) is 0 Å². The van der Waals surface area contributed by atoms with Crippen LogP contribution in [0.3, 0.4) is 0 Å². The number of nitrogens with two attached hydrogens (primary N) is 1. The average molecular weight is 185 g/mol. The van der Waals surface area contributed by atoms with Gasteiger partial charge in [-0.15, -0.1) is 0 Å². The van der Waals surface area contributed by atoms with E-state index in [0.29, 0.717) is 0 Å². The van der Waals surface area contributed by atoms with E-state index in [1.165, 1.54) is 25.7 Å². The van der Waals surface area contributed by atoms with Crippen LogP contribution < -0.4 is 11.2 Å². The Kier molecular flexibility index (Phi) is 3.71. The van der Waals surface area contributed by atoms with E-state index in [9.17, 15) is 0 Å². The van der Waals surface area contributed by atoms with Gasteiger partial charge in [0, 0.05) is 26.2 Å². The van der Waals surface area contributed by atoms with E-state index in [4.69, 9.17) is 5.73 Å². The molecule has 0 spiro atoms. The zero-order valence-corrected chi connectivity index (χ0v) is 9.14. The van der Waals surface area contributed by atoms with E-state index < -0.39 is 0 Å². The van der Waals surface area contributed by atoms with Crippen LogP contribution in [0.5, 0.6) is 0 Å². The topological polar surface area (TPSA) is 41.3 Å². The lowest BCUT2D eigenvalue weighted by molar-refractivity contribution is 0.102. The molecule has 3 N–H and O–H groups in total. The van der Waals surface area contributed by atoms with Gasteiger partial charge in [-0.05, 0) is 18.8 Å². The SMILES string of the molecule is CC1CCCC(CN)(NN(C)C)C1. The van der Waals surface area contributed by atoms with Crippen LogP contribution in [0.1, 0.15) is 32.6 Å². The van der Waals surface area contributed by atoms with Gasteiger partial charge in [0.25, 0.3) is 0 Å². The molecule has 0 aromatic carbocycles. The predicted molar refractivity (Wildman–Crippen MR) is 56.2 cm³/mol. The van der Waals surface area contributed by atoms with E-state index in [0.717, 1.165) is 12.5 Å².